The SMILES string of the molecule is NC1=NC2=NCC(CCc3ccc(C(=O)N[C@@H](CCC(=O)O)C(=O)O)cc3)CC2C(=O)N1. The Hall–Kier alpha value is -3.76. The summed E-state index contributed by atoms with van der Waals surface area (Å²) in [6, 6.07) is 5.51. The number of benzene rings is 1. The van der Waals surface area contributed by atoms with Gasteiger partial charge in [0.2, 0.25) is 11.9 Å². The Morgan fingerprint density at radius 1 is 1.22 bits per heavy atom. The van der Waals surface area contributed by atoms with Crippen molar-refractivity contribution in [1.82, 2.24) is 10.6 Å². The smallest absolute Gasteiger partial charge is 0.326 e. The van der Waals surface area contributed by atoms with Gasteiger partial charge in [0.15, 0.2) is 0 Å². The molecule has 0 fully saturated rings. The number of nitrogens with two attached hydrogens (primary N) is 1. The number of carboxylic acids is 2. The van der Waals surface area contributed by atoms with Gasteiger partial charge in [-0.25, -0.2) is 4.79 Å². The minimum Gasteiger partial charge on any atom is -0.481 e. The number of amides is 2. The fourth-order valence-electron chi connectivity index (χ4n) is 3.72. The van der Waals surface area contributed by atoms with Crippen molar-refractivity contribution in [3.63, 3.8) is 0 Å². The number of rotatable bonds is 9. The lowest BCUT2D eigenvalue weighted by atomic mass is 9.85. The van der Waals surface area contributed by atoms with Crippen LogP contribution in [0.1, 0.15) is 41.6 Å². The fraction of sp³-hybridized carbons (Fsp3) is 0.429. The maximum atomic E-state index is 12.3. The second kappa shape index (κ2) is 10.0. The second-order valence-corrected chi connectivity index (χ2v) is 7.87. The third kappa shape index (κ3) is 5.90. The first-order valence-electron chi connectivity index (χ1n) is 10.3. The number of nitrogens with one attached hydrogen (secondary N) is 2. The van der Waals surface area contributed by atoms with Crippen LogP contribution in [0.2, 0.25) is 0 Å². The molecule has 11 nitrogen and oxygen atoms in total. The van der Waals surface area contributed by atoms with Crippen LogP contribution in [-0.2, 0) is 20.8 Å². The van der Waals surface area contributed by atoms with E-state index in [1.165, 1.54) is 0 Å². The molecule has 2 aliphatic rings. The number of aryl methyl sites for hydroxylation is 1. The Balaban J connectivity index is 1.52. The van der Waals surface area contributed by atoms with E-state index in [0.29, 0.717) is 18.8 Å². The molecule has 1 aromatic rings. The van der Waals surface area contributed by atoms with Crippen molar-refractivity contribution in [2.24, 2.45) is 27.6 Å². The molecular weight excluding hydrogens is 418 g/mol. The van der Waals surface area contributed by atoms with Gasteiger partial charge in [-0.3, -0.25) is 24.7 Å². The molecule has 32 heavy (non-hydrogen) atoms. The summed E-state index contributed by atoms with van der Waals surface area (Å²) in [6.45, 7) is 0.573. The number of hydrogen-bond donors (Lipinski definition) is 5. The average molecular weight is 443 g/mol. The van der Waals surface area contributed by atoms with E-state index in [4.69, 9.17) is 15.9 Å². The number of fused-ring (bicyclic) bond motifs is 1. The van der Waals surface area contributed by atoms with E-state index in [1.807, 2.05) is 0 Å². The van der Waals surface area contributed by atoms with Gasteiger partial charge >= 0.3 is 11.9 Å². The molecule has 6 N–H and O–H groups in total. The van der Waals surface area contributed by atoms with E-state index in [9.17, 15) is 19.2 Å². The molecule has 0 aromatic heterocycles. The van der Waals surface area contributed by atoms with Crippen LogP contribution in [0.5, 0.6) is 0 Å². The zero-order valence-electron chi connectivity index (χ0n) is 17.3. The molecule has 1 aromatic carbocycles. The first-order valence-corrected chi connectivity index (χ1v) is 10.3. The topological polar surface area (TPSA) is 184 Å². The molecule has 0 radical (unpaired) electrons. The molecule has 2 aliphatic heterocycles. The number of hydrogen-bond acceptors (Lipinski definition) is 7. The van der Waals surface area contributed by atoms with Crippen LogP contribution in [0.3, 0.4) is 0 Å². The lowest BCUT2D eigenvalue weighted by molar-refractivity contribution is -0.140. The minimum atomic E-state index is -1.28. The predicted molar refractivity (Wildman–Crippen MR) is 114 cm³/mol. The lowest BCUT2D eigenvalue weighted by Crippen LogP contribution is -2.49. The average Bonchev–Trinajstić information content (AvgIpc) is 2.75. The van der Waals surface area contributed by atoms with Gasteiger partial charge in [0.1, 0.15) is 11.9 Å². The number of aliphatic carboxylic acids is 2. The van der Waals surface area contributed by atoms with Crippen molar-refractivity contribution < 1.29 is 29.4 Å². The number of guanidine groups is 1. The summed E-state index contributed by atoms with van der Waals surface area (Å²) in [4.78, 5) is 54.8. The Morgan fingerprint density at radius 3 is 2.59 bits per heavy atom. The van der Waals surface area contributed by atoms with Crippen molar-refractivity contribution in [2.45, 2.75) is 38.1 Å². The van der Waals surface area contributed by atoms with Gasteiger partial charge in [0.05, 0.1) is 5.92 Å². The molecule has 0 saturated heterocycles. The summed E-state index contributed by atoms with van der Waals surface area (Å²) in [5.74, 6) is -2.77. The Bertz CT molecular complexity index is 971. The van der Waals surface area contributed by atoms with Gasteiger partial charge in [0.25, 0.3) is 5.91 Å². The molecule has 3 rings (SSSR count). The Labute approximate surface area is 183 Å². The molecule has 2 heterocycles. The zero-order chi connectivity index (χ0) is 23.3. The van der Waals surface area contributed by atoms with E-state index in [0.717, 1.165) is 18.4 Å². The maximum absolute atomic E-state index is 12.3. The molecule has 170 valence electrons. The molecule has 2 unspecified atom stereocenters. The van der Waals surface area contributed by atoms with Crippen molar-refractivity contribution in [3.05, 3.63) is 35.4 Å². The first kappa shape index (κ1) is 22.9. The third-order valence-electron chi connectivity index (χ3n) is 5.50. The highest BCUT2D eigenvalue weighted by Gasteiger charge is 2.34. The number of carboxylic acid groups (broad SMARTS) is 2. The summed E-state index contributed by atoms with van der Waals surface area (Å²) < 4.78 is 0. The van der Waals surface area contributed by atoms with Crippen molar-refractivity contribution >= 4 is 35.5 Å². The summed E-state index contributed by atoms with van der Waals surface area (Å²) in [5.41, 5.74) is 6.84. The highest BCUT2D eigenvalue weighted by atomic mass is 16.4. The van der Waals surface area contributed by atoms with Crippen LogP contribution in [-0.4, -0.2) is 58.3 Å². The van der Waals surface area contributed by atoms with Crippen LogP contribution >= 0.6 is 0 Å². The standard InChI is InChI=1S/C21H25N5O6/c22-21-25-17-14(19(30)26-21)9-12(10-23-17)2-1-11-3-5-13(6-4-11)18(29)24-15(20(31)32)7-8-16(27)28/h3-6,12,14-15H,1-2,7-10H2,(H,24,29)(H,27,28)(H,31,32)(H3,22,23,25,26,30)/t12?,14?,15-/m0/s1. The molecule has 0 spiro atoms. The van der Waals surface area contributed by atoms with E-state index >= 15 is 0 Å². The van der Waals surface area contributed by atoms with Crippen LogP contribution < -0.4 is 16.4 Å². The van der Waals surface area contributed by atoms with Crippen molar-refractivity contribution in [3.8, 4) is 0 Å². The number of carbonyl (C=O) groups is 4. The van der Waals surface area contributed by atoms with E-state index in [-0.39, 0.29) is 42.1 Å². The van der Waals surface area contributed by atoms with Crippen LogP contribution in [0.4, 0.5) is 0 Å². The Kier molecular flexibility index (Phi) is 7.18. The van der Waals surface area contributed by atoms with Gasteiger partial charge in [0, 0.05) is 18.5 Å². The van der Waals surface area contributed by atoms with Crippen LogP contribution in [0.25, 0.3) is 0 Å². The van der Waals surface area contributed by atoms with E-state index in [2.05, 4.69) is 20.6 Å². The minimum absolute atomic E-state index is 0.0733. The third-order valence-corrected chi connectivity index (χ3v) is 5.50. The van der Waals surface area contributed by atoms with Gasteiger partial charge < -0.3 is 21.3 Å². The van der Waals surface area contributed by atoms with Crippen LogP contribution in [0, 0.1) is 11.8 Å². The Morgan fingerprint density at radius 2 is 1.94 bits per heavy atom. The molecule has 0 saturated carbocycles. The van der Waals surface area contributed by atoms with Crippen molar-refractivity contribution in [1.29, 1.82) is 0 Å². The second-order valence-electron chi connectivity index (χ2n) is 7.87. The quantitative estimate of drug-likeness (QED) is 0.359. The molecule has 11 heteroatoms. The monoisotopic (exact) mass is 443 g/mol. The van der Waals surface area contributed by atoms with Crippen molar-refractivity contribution in [2.75, 3.05) is 6.54 Å². The number of carbonyl (C=O) groups excluding carboxylic acids is 2. The van der Waals surface area contributed by atoms with E-state index in [1.54, 1.807) is 24.3 Å². The zero-order valence-corrected chi connectivity index (χ0v) is 17.3. The molecule has 2 amide bonds. The predicted octanol–water partition coefficient (Wildman–Crippen LogP) is 0.146. The van der Waals surface area contributed by atoms with Gasteiger partial charge in [-0.1, -0.05) is 12.1 Å². The molecule has 0 bridgehead atoms. The highest BCUT2D eigenvalue weighted by molar-refractivity contribution is 6.16. The molecule has 0 aliphatic carbocycles. The number of aliphatic imine (C=N–C) groups is 2. The number of nitrogens with zero attached hydrogens (tertiary/aromatic N) is 2. The first-order chi connectivity index (χ1) is 15.2. The summed E-state index contributed by atoms with van der Waals surface area (Å²) >= 11 is 0. The van der Waals surface area contributed by atoms with Gasteiger partial charge in [-0.05, 0) is 49.3 Å². The highest BCUT2D eigenvalue weighted by Crippen LogP contribution is 2.26. The molecular formula is C21H25N5O6. The summed E-state index contributed by atoms with van der Waals surface area (Å²) in [6.07, 6.45) is 1.63. The molecule has 3 atom stereocenters. The summed E-state index contributed by atoms with van der Waals surface area (Å²) in [5, 5.41) is 22.8. The normalized spacial score (nSPS) is 20.8. The largest absolute Gasteiger partial charge is 0.481 e. The maximum Gasteiger partial charge on any atom is 0.326 e. The van der Waals surface area contributed by atoms with Crippen LogP contribution in [0.15, 0.2) is 34.3 Å². The fourth-order valence-corrected chi connectivity index (χ4v) is 3.72. The van der Waals surface area contributed by atoms with Gasteiger partial charge in [-0.15, -0.1) is 0 Å². The lowest BCUT2D eigenvalue weighted by Gasteiger charge is -2.29. The summed E-state index contributed by atoms with van der Waals surface area (Å²) in [7, 11) is 0. The number of amidine groups is 1. The van der Waals surface area contributed by atoms with Gasteiger partial charge in [-0.2, -0.15) is 4.99 Å². The van der Waals surface area contributed by atoms with E-state index < -0.39 is 23.9 Å².